The van der Waals surface area contributed by atoms with Gasteiger partial charge in [0.25, 0.3) is 0 Å². The Kier molecular flexibility index (Phi) is 7.05. The van der Waals surface area contributed by atoms with Crippen LogP contribution < -0.4 is 0 Å². The topological polar surface area (TPSA) is 37.3 Å². The van der Waals surface area contributed by atoms with Gasteiger partial charge >= 0.3 is 5.97 Å². The van der Waals surface area contributed by atoms with Crippen LogP contribution in [0.5, 0.6) is 0 Å². The molecule has 0 atom stereocenters. The van der Waals surface area contributed by atoms with Crippen LogP contribution in [0.15, 0.2) is 55.1 Å². The Morgan fingerprint density at radius 3 is 2.00 bits per heavy atom. The molecule has 0 aliphatic heterocycles. The van der Waals surface area contributed by atoms with Gasteiger partial charge in [0.1, 0.15) is 17.2 Å². The highest BCUT2D eigenvalue weighted by Gasteiger charge is 2.27. The molecule has 0 heterocycles. The Labute approximate surface area is 199 Å². The third-order valence-electron chi connectivity index (χ3n) is 6.74. The highest BCUT2D eigenvalue weighted by Crippen LogP contribution is 2.41. The zero-order chi connectivity index (χ0) is 25.3. The van der Waals surface area contributed by atoms with Crippen molar-refractivity contribution in [3.8, 4) is 22.3 Å². The average Bonchev–Trinajstić information content (AvgIpc) is 2.82. The summed E-state index contributed by atoms with van der Waals surface area (Å²) in [5.41, 5.74) is -0.947. The van der Waals surface area contributed by atoms with E-state index < -0.39 is 51.7 Å². The highest BCUT2D eigenvalue weighted by molar-refractivity contribution is 5.94. The molecule has 35 heavy (non-hydrogen) atoms. The minimum atomic E-state index is -1.88. The predicted molar refractivity (Wildman–Crippen MR) is 124 cm³/mol. The molecule has 1 aliphatic carbocycles. The van der Waals surface area contributed by atoms with Crippen LogP contribution in [0.1, 0.15) is 53.9 Å². The van der Waals surface area contributed by atoms with Gasteiger partial charge in [0.2, 0.25) is 0 Å². The van der Waals surface area contributed by atoms with Crippen molar-refractivity contribution in [2.45, 2.75) is 38.0 Å². The maximum Gasteiger partial charge on any atom is 0.341 e. The van der Waals surface area contributed by atoms with Crippen molar-refractivity contribution >= 4 is 5.97 Å². The summed E-state index contributed by atoms with van der Waals surface area (Å²) in [7, 11) is 0. The molecule has 1 aliphatic rings. The van der Waals surface area contributed by atoms with Gasteiger partial charge in [-0.15, -0.1) is 6.58 Å². The first-order valence-electron chi connectivity index (χ1n) is 11.3. The van der Waals surface area contributed by atoms with Gasteiger partial charge < -0.3 is 5.11 Å². The Morgan fingerprint density at radius 2 is 1.46 bits per heavy atom. The summed E-state index contributed by atoms with van der Waals surface area (Å²) in [6.45, 7) is 3.79. The lowest BCUT2D eigenvalue weighted by Crippen LogP contribution is -2.12. The molecule has 0 unspecified atom stereocenters. The minimum absolute atomic E-state index is 0.100. The van der Waals surface area contributed by atoms with Crippen molar-refractivity contribution < 1.29 is 31.9 Å². The molecule has 3 aromatic carbocycles. The first-order valence-corrected chi connectivity index (χ1v) is 11.3. The molecular weight excluding hydrogens is 463 g/mol. The number of carboxylic acids is 1. The van der Waals surface area contributed by atoms with Crippen LogP contribution in [-0.2, 0) is 0 Å². The molecule has 0 radical (unpaired) electrons. The molecule has 0 saturated heterocycles. The summed E-state index contributed by atoms with van der Waals surface area (Å²) >= 11 is 0. The van der Waals surface area contributed by atoms with Gasteiger partial charge in [-0.25, -0.2) is 26.7 Å². The predicted octanol–water partition coefficient (Wildman–Crippen LogP) is 8.26. The lowest BCUT2D eigenvalue weighted by molar-refractivity contribution is 0.0686. The van der Waals surface area contributed by atoms with Crippen molar-refractivity contribution in [2.75, 3.05) is 0 Å². The fraction of sp³-hybridized carbons (Fsp3) is 0.250. The monoisotopic (exact) mass is 486 g/mol. The molecule has 3 aromatic rings. The molecule has 182 valence electrons. The first-order chi connectivity index (χ1) is 16.7. The third kappa shape index (κ3) is 4.85. The average molecular weight is 486 g/mol. The van der Waals surface area contributed by atoms with Crippen LogP contribution in [0.3, 0.4) is 0 Å². The second kappa shape index (κ2) is 10.0. The molecular formula is C28H23F5O2. The largest absolute Gasteiger partial charge is 0.477 e. The molecule has 1 N–H and O–H groups in total. The van der Waals surface area contributed by atoms with E-state index in [1.807, 2.05) is 18.2 Å². The number of hydrogen-bond acceptors (Lipinski definition) is 1. The van der Waals surface area contributed by atoms with Crippen LogP contribution in [0, 0.1) is 35.0 Å². The van der Waals surface area contributed by atoms with E-state index in [-0.39, 0.29) is 5.56 Å². The number of allylic oxidation sites excluding steroid dienone is 1. The zero-order valence-electron chi connectivity index (χ0n) is 18.8. The number of hydrogen-bond donors (Lipinski definition) is 1. The van der Waals surface area contributed by atoms with Crippen LogP contribution in [0.2, 0.25) is 0 Å². The van der Waals surface area contributed by atoms with Gasteiger partial charge in [-0.05, 0) is 84.4 Å². The van der Waals surface area contributed by atoms with Gasteiger partial charge in [0, 0.05) is 5.56 Å². The van der Waals surface area contributed by atoms with Gasteiger partial charge in [-0.2, -0.15) is 0 Å². The number of rotatable bonds is 6. The highest BCUT2D eigenvalue weighted by atomic mass is 19.2. The zero-order valence-corrected chi connectivity index (χ0v) is 18.8. The number of aromatic carboxylic acids is 1. The van der Waals surface area contributed by atoms with Crippen LogP contribution in [0.4, 0.5) is 22.0 Å². The molecule has 0 bridgehead atoms. The van der Waals surface area contributed by atoms with Gasteiger partial charge in [0.05, 0.1) is 0 Å². The fourth-order valence-electron chi connectivity index (χ4n) is 4.93. The summed E-state index contributed by atoms with van der Waals surface area (Å²) in [6.07, 6.45) is 7.10. The summed E-state index contributed by atoms with van der Waals surface area (Å²) in [6, 6.07) is 8.88. The molecule has 0 amide bonds. The number of carboxylic acid groups (broad SMARTS) is 1. The Balaban J connectivity index is 1.77. The molecule has 4 rings (SSSR count). The van der Waals surface area contributed by atoms with Gasteiger partial charge in [-0.1, -0.05) is 30.3 Å². The van der Waals surface area contributed by atoms with Crippen molar-refractivity contribution in [3.63, 3.8) is 0 Å². The molecule has 0 spiro atoms. The number of halogens is 5. The first kappa shape index (κ1) is 24.6. The van der Waals surface area contributed by atoms with Crippen molar-refractivity contribution in [3.05, 3.63) is 95.3 Å². The molecule has 1 fully saturated rings. The Hall–Kier alpha value is -3.48. The molecule has 0 aromatic heterocycles. The second-order valence-corrected chi connectivity index (χ2v) is 8.89. The minimum Gasteiger partial charge on any atom is -0.477 e. The number of carbonyl (C=O) groups is 1. The SMILES string of the molecule is C=CCC1CCC(c2ccc(-c3cc(F)c(C(=O)O)c(F)c3-c3cc(F)c(F)c(F)c3)cc2)CC1. The van der Waals surface area contributed by atoms with Crippen molar-refractivity contribution in [2.24, 2.45) is 5.92 Å². The fourth-order valence-corrected chi connectivity index (χ4v) is 4.93. The van der Waals surface area contributed by atoms with E-state index in [1.54, 1.807) is 12.1 Å². The standard InChI is InChI=1S/C28H23F5O2/c1-2-3-15-4-6-16(7-5-15)17-8-10-18(11-9-17)20-14-21(29)25(28(34)35)27(33)24(20)19-12-22(30)26(32)23(31)13-19/h2,8-16H,1,3-7H2,(H,34,35). The summed E-state index contributed by atoms with van der Waals surface area (Å²) < 4.78 is 71.3. The van der Waals surface area contributed by atoms with E-state index in [0.29, 0.717) is 29.5 Å². The normalized spacial score (nSPS) is 17.9. The van der Waals surface area contributed by atoms with E-state index in [1.165, 1.54) is 0 Å². The Morgan fingerprint density at radius 1 is 0.857 bits per heavy atom. The maximum absolute atomic E-state index is 15.3. The number of benzene rings is 3. The van der Waals surface area contributed by atoms with Gasteiger partial charge in [-0.3, -0.25) is 0 Å². The van der Waals surface area contributed by atoms with E-state index in [4.69, 9.17) is 0 Å². The lowest BCUT2D eigenvalue weighted by atomic mass is 9.77. The van der Waals surface area contributed by atoms with E-state index in [9.17, 15) is 27.5 Å². The van der Waals surface area contributed by atoms with Crippen LogP contribution in [-0.4, -0.2) is 11.1 Å². The van der Waals surface area contributed by atoms with Crippen molar-refractivity contribution in [1.82, 2.24) is 0 Å². The van der Waals surface area contributed by atoms with E-state index in [2.05, 4.69) is 6.58 Å². The summed E-state index contributed by atoms with van der Waals surface area (Å²) in [5.74, 6) is -8.64. The van der Waals surface area contributed by atoms with Gasteiger partial charge in [0.15, 0.2) is 17.5 Å². The third-order valence-corrected chi connectivity index (χ3v) is 6.74. The van der Waals surface area contributed by atoms with Crippen LogP contribution >= 0.6 is 0 Å². The summed E-state index contributed by atoms with van der Waals surface area (Å²) in [5, 5.41) is 9.27. The van der Waals surface area contributed by atoms with E-state index >= 15 is 4.39 Å². The molecule has 7 heteroatoms. The van der Waals surface area contributed by atoms with E-state index in [0.717, 1.165) is 43.7 Å². The maximum atomic E-state index is 15.3. The smallest absolute Gasteiger partial charge is 0.341 e. The lowest BCUT2D eigenvalue weighted by Gasteiger charge is -2.28. The Bertz CT molecular complexity index is 1250. The van der Waals surface area contributed by atoms with Crippen LogP contribution in [0.25, 0.3) is 22.3 Å². The molecule has 1 saturated carbocycles. The second-order valence-electron chi connectivity index (χ2n) is 8.89. The quantitative estimate of drug-likeness (QED) is 0.216. The van der Waals surface area contributed by atoms with Crippen molar-refractivity contribution in [1.29, 1.82) is 0 Å². The summed E-state index contributed by atoms with van der Waals surface area (Å²) in [4.78, 5) is 11.5. The molecule has 2 nitrogen and oxygen atoms in total.